The largest absolute Gasteiger partial charge is 0.454 e. The molecule has 2 nitrogen and oxygen atoms in total. The summed E-state index contributed by atoms with van der Waals surface area (Å²) in [5.74, 6) is 0. The summed E-state index contributed by atoms with van der Waals surface area (Å²) in [6, 6.07) is 38.3. The van der Waals surface area contributed by atoms with E-state index in [-0.39, 0.29) is 0 Å². The van der Waals surface area contributed by atoms with Gasteiger partial charge < -0.3 is 8.98 Å². The molecule has 0 radical (unpaired) electrons. The number of hydrogen-bond acceptors (Lipinski definition) is 1. The van der Waals surface area contributed by atoms with E-state index in [1.54, 1.807) is 0 Å². The number of rotatable bonds is 2. The standard InChI is InChI=1S/C30H18BrNO/c31-20-14-16-26-24(18-20)22-10-4-6-12-25(22)32(26)27-17-15-21(19-8-2-1-3-9-19)29-23-11-5-7-13-28(23)33-30(27)29/h1-18H. The van der Waals surface area contributed by atoms with Crippen molar-refractivity contribution in [3.63, 3.8) is 0 Å². The predicted molar refractivity (Wildman–Crippen MR) is 141 cm³/mol. The first kappa shape index (κ1) is 18.7. The van der Waals surface area contributed by atoms with E-state index in [0.717, 1.165) is 37.6 Å². The van der Waals surface area contributed by atoms with Crippen LogP contribution in [-0.4, -0.2) is 4.57 Å². The van der Waals surface area contributed by atoms with Gasteiger partial charge in [-0.05, 0) is 47.5 Å². The van der Waals surface area contributed by atoms with E-state index in [1.807, 2.05) is 6.07 Å². The zero-order valence-corrected chi connectivity index (χ0v) is 19.2. The van der Waals surface area contributed by atoms with Gasteiger partial charge in [0, 0.05) is 26.0 Å². The molecule has 0 N–H and O–H groups in total. The Balaban J connectivity index is 1.66. The first-order valence-corrected chi connectivity index (χ1v) is 11.8. The molecule has 0 saturated carbocycles. The molecule has 0 aliphatic heterocycles. The molecule has 0 aliphatic rings. The fourth-order valence-electron chi connectivity index (χ4n) is 5.05. The quantitative estimate of drug-likeness (QED) is 0.237. The molecular formula is C30H18BrNO. The lowest BCUT2D eigenvalue weighted by atomic mass is 9.98. The van der Waals surface area contributed by atoms with Crippen molar-refractivity contribution >= 4 is 59.7 Å². The molecule has 0 atom stereocenters. The Morgan fingerprint density at radius 3 is 2.21 bits per heavy atom. The van der Waals surface area contributed by atoms with Crippen molar-refractivity contribution in [3.8, 4) is 16.8 Å². The third-order valence-electron chi connectivity index (χ3n) is 6.47. The molecule has 3 heteroatoms. The molecule has 156 valence electrons. The average molecular weight is 488 g/mol. The number of furan rings is 1. The van der Waals surface area contributed by atoms with Crippen LogP contribution < -0.4 is 0 Å². The van der Waals surface area contributed by atoms with Crippen LogP contribution in [0.3, 0.4) is 0 Å². The van der Waals surface area contributed by atoms with E-state index in [9.17, 15) is 0 Å². The topological polar surface area (TPSA) is 18.1 Å². The third-order valence-corrected chi connectivity index (χ3v) is 6.96. The maximum atomic E-state index is 6.56. The summed E-state index contributed by atoms with van der Waals surface area (Å²) in [5, 5.41) is 4.73. The molecule has 0 bridgehead atoms. The Morgan fingerprint density at radius 1 is 0.606 bits per heavy atom. The van der Waals surface area contributed by atoms with E-state index >= 15 is 0 Å². The Kier molecular flexibility index (Phi) is 4.02. The second kappa shape index (κ2) is 7.09. The Hall–Kier alpha value is -3.82. The van der Waals surface area contributed by atoms with Gasteiger partial charge in [0.2, 0.25) is 0 Å². The van der Waals surface area contributed by atoms with Gasteiger partial charge in [-0.3, -0.25) is 0 Å². The van der Waals surface area contributed by atoms with Gasteiger partial charge in [-0.25, -0.2) is 0 Å². The van der Waals surface area contributed by atoms with Gasteiger partial charge in [0.1, 0.15) is 5.58 Å². The van der Waals surface area contributed by atoms with Gasteiger partial charge in [-0.1, -0.05) is 88.7 Å². The second-order valence-corrected chi connectivity index (χ2v) is 9.23. The van der Waals surface area contributed by atoms with Crippen LogP contribution in [0.4, 0.5) is 0 Å². The molecule has 33 heavy (non-hydrogen) atoms. The van der Waals surface area contributed by atoms with Gasteiger partial charge in [-0.15, -0.1) is 0 Å². The van der Waals surface area contributed by atoms with Crippen LogP contribution in [0.1, 0.15) is 0 Å². The molecule has 5 aromatic carbocycles. The maximum absolute atomic E-state index is 6.56. The highest BCUT2D eigenvalue weighted by molar-refractivity contribution is 9.10. The van der Waals surface area contributed by atoms with Crippen LogP contribution in [-0.2, 0) is 0 Å². The number of fused-ring (bicyclic) bond motifs is 6. The minimum Gasteiger partial charge on any atom is -0.454 e. The SMILES string of the molecule is Brc1ccc2c(c1)c1ccccc1n2-c1ccc(-c2ccccc2)c2c1oc1ccccc12. The molecular weight excluding hydrogens is 470 g/mol. The lowest BCUT2D eigenvalue weighted by Gasteiger charge is -2.11. The summed E-state index contributed by atoms with van der Waals surface area (Å²) >= 11 is 3.65. The summed E-state index contributed by atoms with van der Waals surface area (Å²) in [7, 11) is 0. The Bertz CT molecular complexity index is 1830. The van der Waals surface area contributed by atoms with Gasteiger partial charge in [0.05, 0.1) is 16.7 Å². The van der Waals surface area contributed by atoms with Crippen LogP contribution in [0.15, 0.2) is 118 Å². The average Bonchev–Trinajstić information content (AvgIpc) is 3.40. The highest BCUT2D eigenvalue weighted by Crippen LogP contribution is 2.42. The van der Waals surface area contributed by atoms with E-state index < -0.39 is 0 Å². The smallest absolute Gasteiger partial charge is 0.160 e. The predicted octanol–water partition coefficient (Wildman–Crippen LogP) is 9.11. The van der Waals surface area contributed by atoms with Crippen LogP contribution in [0, 0.1) is 0 Å². The van der Waals surface area contributed by atoms with E-state index in [0.29, 0.717) is 0 Å². The molecule has 7 aromatic rings. The minimum absolute atomic E-state index is 0.903. The Labute approximate surface area is 198 Å². The Morgan fingerprint density at radius 2 is 1.33 bits per heavy atom. The fourth-order valence-corrected chi connectivity index (χ4v) is 5.41. The summed E-state index contributed by atoms with van der Waals surface area (Å²) in [4.78, 5) is 0. The van der Waals surface area contributed by atoms with E-state index in [1.165, 1.54) is 27.4 Å². The van der Waals surface area contributed by atoms with Crippen LogP contribution in [0.2, 0.25) is 0 Å². The number of para-hydroxylation sites is 2. The van der Waals surface area contributed by atoms with Gasteiger partial charge in [-0.2, -0.15) is 0 Å². The monoisotopic (exact) mass is 487 g/mol. The van der Waals surface area contributed by atoms with Gasteiger partial charge in [0.15, 0.2) is 5.58 Å². The number of halogens is 1. The van der Waals surface area contributed by atoms with Crippen molar-refractivity contribution in [2.75, 3.05) is 0 Å². The highest BCUT2D eigenvalue weighted by atomic mass is 79.9. The summed E-state index contributed by atoms with van der Waals surface area (Å²) in [5.41, 5.74) is 7.56. The first-order valence-electron chi connectivity index (χ1n) is 11.0. The zero-order chi connectivity index (χ0) is 21.9. The fraction of sp³-hybridized carbons (Fsp3) is 0. The molecule has 0 fully saturated rings. The van der Waals surface area contributed by atoms with Crippen LogP contribution >= 0.6 is 15.9 Å². The number of nitrogens with zero attached hydrogens (tertiary/aromatic N) is 1. The second-order valence-electron chi connectivity index (χ2n) is 8.31. The van der Waals surface area contributed by atoms with E-state index in [2.05, 4.69) is 124 Å². The lowest BCUT2D eigenvalue weighted by molar-refractivity contribution is 0.666. The molecule has 2 aromatic heterocycles. The zero-order valence-electron chi connectivity index (χ0n) is 17.6. The van der Waals surface area contributed by atoms with Crippen LogP contribution in [0.25, 0.3) is 60.6 Å². The highest BCUT2D eigenvalue weighted by Gasteiger charge is 2.20. The van der Waals surface area contributed by atoms with Crippen molar-refractivity contribution in [2.24, 2.45) is 0 Å². The first-order chi connectivity index (χ1) is 16.3. The van der Waals surface area contributed by atoms with Gasteiger partial charge in [0.25, 0.3) is 0 Å². The van der Waals surface area contributed by atoms with Gasteiger partial charge >= 0.3 is 0 Å². The maximum Gasteiger partial charge on any atom is 0.160 e. The van der Waals surface area contributed by atoms with E-state index in [4.69, 9.17) is 4.42 Å². The normalized spacial score (nSPS) is 11.8. The molecule has 0 saturated heterocycles. The van der Waals surface area contributed by atoms with Crippen molar-refractivity contribution in [1.29, 1.82) is 0 Å². The van der Waals surface area contributed by atoms with Crippen molar-refractivity contribution in [3.05, 3.63) is 114 Å². The summed E-state index contributed by atoms with van der Waals surface area (Å²) < 4.78 is 9.97. The molecule has 0 aliphatic carbocycles. The van der Waals surface area contributed by atoms with Crippen molar-refractivity contribution in [2.45, 2.75) is 0 Å². The number of hydrogen-bond donors (Lipinski definition) is 0. The van der Waals surface area contributed by atoms with Crippen molar-refractivity contribution < 1.29 is 4.42 Å². The molecule has 7 rings (SSSR count). The van der Waals surface area contributed by atoms with Crippen LogP contribution in [0.5, 0.6) is 0 Å². The third kappa shape index (κ3) is 2.73. The number of benzene rings is 5. The molecule has 0 amide bonds. The molecule has 0 unspecified atom stereocenters. The minimum atomic E-state index is 0.903. The summed E-state index contributed by atoms with van der Waals surface area (Å²) in [6.45, 7) is 0. The molecule has 0 spiro atoms. The number of aromatic nitrogens is 1. The van der Waals surface area contributed by atoms with Crippen molar-refractivity contribution in [1.82, 2.24) is 4.57 Å². The molecule has 2 heterocycles. The summed E-state index contributed by atoms with van der Waals surface area (Å²) in [6.07, 6.45) is 0. The lowest BCUT2D eigenvalue weighted by Crippen LogP contribution is -1.95.